The molecule has 1 aliphatic rings. The fourth-order valence-corrected chi connectivity index (χ4v) is 2.09. The number of hydrogen-bond donors (Lipinski definition) is 0. The van der Waals surface area contributed by atoms with E-state index in [1.54, 1.807) is 0 Å². The maximum Gasteiger partial charge on any atom is 0.175 e. The quantitative estimate of drug-likeness (QED) is 0.726. The van der Waals surface area contributed by atoms with Gasteiger partial charge in [-0.25, -0.2) is 0 Å². The number of alkyl halides is 1. The minimum atomic E-state index is -0.363. The van der Waals surface area contributed by atoms with Crippen molar-refractivity contribution in [3.8, 4) is 0 Å². The first-order chi connectivity index (χ1) is 7.84. The van der Waals surface area contributed by atoms with Crippen molar-refractivity contribution in [1.29, 1.82) is 0 Å². The summed E-state index contributed by atoms with van der Waals surface area (Å²) in [5, 5.41) is 1.45. The molecule has 0 aromatic heterocycles. The third-order valence-electron chi connectivity index (χ3n) is 2.66. The average molecular weight is 322 g/mol. The van der Waals surface area contributed by atoms with Crippen LogP contribution in [0.3, 0.4) is 0 Å². The van der Waals surface area contributed by atoms with Crippen LogP contribution >= 0.6 is 27.5 Å². The lowest BCUT2D eigenvalue weighted by molar-refractivity contribution is -0.129. The van der Waals surface area contributed by atoms with E-state index in [0.717, 1.165) is 23.9 Å². The highest BCUT2D eigenvalue weighted by Gasteiger charge is 2.22. The van der Waals surface area contributed by atoms with E-state index < -0.39 is 0 Å². The first kappa shape index (κ1) is 14.8. The van der Waals surface area contributed by atoms with E-state index in [-0.39, 0.29) is 17.8 Å². The predicted molar refractivity (Wildman–Crippen MR) is 74.4 cm³/mol. The summed E-state index contributed by atoms with van der Waals surface area (Å²) in [6, 6.07) is 0. The number of halogens is 2. The topological polar surface area (TPSA) is 26.3 Å². The van der Waals surface area contributed by atoms with Crippen molar-refractivity contribution in [2.75, 3.05) is 11.9 Å². The van der Waals surface area contributed by atoms with Crippen LogP contribution in [0.25, 0.3) is 0 Å². The molecule has 0 heterocycles. The highest BCUT2D eigenvalue weighted by molar-refractivity contribution is 9.09. The fourth-order valence-electron chi connectivity index (χ4n) is 1.34. The van der Waals surface area contributed by atoms with Crippen LogP contribution in [0, 0.1) is 5.41 Å². The number of allylic oxidation sites excluding steroid dienone is 4. The van der Waals surface area contributed by atoms with Gasteiger partial charge in [-0.05, 0) is 12.5 Å². The van der Waals surface area contributed by atoms with Crippen LogP contribution in [0.2, 0.25) is 0 Å². The summed E-state index contributed by atoms with van der Waals surface area (Å²) < 4.78 is 5.51. The van der Waals surface area contributed by atoms with E-state index in [1.165, 1.54) is 5.57 Å². The second-order valence-corrected chi connectivity index (χ2v) is 6.14. The second-order valence-electron chi connectivity index (χ2n) is 5.17. The lowest BCUT2D eigenvalue weighted by Crippen LogP contribution is -2.25. The van der Waals surface area contributed by atoms with Crippen LogP contribution in [0.4, 0.5) is 0 Å². The molecule has 0 unspecified atom stereocenters. The molecule has 0 fully saturated rings. The molecule has 0 aromatic carbocycles. The van der Waals surface area contributed by atoms with Crippen LogP contribution in [-0.2, 0) is 9.53 Å². The number of ether oxygens (including phenoxy) is 1. The molecule has 0 radical (unpaired) electrons. The van der Waals surface area contributed by atoms with Gasteiger partial charge in [0.05, 0.1) is 5.03 Å². The molecule has 0 saturated heterocycles. The monoisotopic (exact) mass is 320 g/mol. The van der Waals surface area contributed by atoms with Gasteiger partial charge in [-0.2, -0.15) is 0 Å². The van der Waals surface area contributed by atoms with Gasteiger partial charge < -0.3 is 4.74 Å². The van der Waals surface area contributed by atoms with E-state index in [9.17, 15) is 4.79 Å². The van der Waals surface area contributed by atoms with Crippen LogP contribution in [0.15, 0.2) is 22.4 Å². The molecule has 17 heavy (non-hydrogen) atoms. The van der Waals surface area contributed by atoms with Gasteiger partial charge >= 0.3 is 0 Å². The van der Waals surface area contributed by atoms with E-state index in [0.29, 0.717) is 5.03 Å². The summed E-state index contributed by atoms with van der Waals surface area (Å²) in [6.45, 7) is 5.77. The largest absolute Gasteiger partial charge is 0.489 e. The SMILES string of the molecule is CC(C)(C)C(=O)COC1=C(Cl)C=C(CBr)CC1. The first-order valence-electron chi connectivity index (χ1n) is 5.64. The predicted octanol–water partition coefficient (Wildman–Crippen LogP) is 4.18. The minimum absolute atomic E-state index is 0.0877. The minimum Gasteiger partial charge on any atom is -0.489 e. The van der Waals surface area contributed by atoms with Crippen LogP contribution < -0.4 is 0 Å². The van der Waals surface area contributed by atoms with Gasteiger partial charge in [-0.1, -0.05) is 53.9 Å². The Labute approximate surface area is 116 Å². The molecule has 0 aromatic rings. The normalized spacial score (nSPS) is 16.9. The van der Waals surface area contributed by atoms with Crippen molar-refractivity contribution >= 4 is 33.3 Å². The van der Waals surface area contributed by atoms with Crippen molar-refractivity contribution in [2.24, 2.45) is 5.41 Å². The maximum absolute atomic E-state index is 11.7. The van der Waals surface area contributed by atoms with Crippen molar-refractivity contribution in [1.82, 2.24) is 0 Å². The standard InChI is InChI=1S/C13H18BrClO2/c1-13(2,3)12(16)8-17-11-5-4-9(7-14)6-10(11)15/h6H,4-5,7-8H2,1-3H3. The smallest absolute Gasteiger partial charge is 0.175 e. The molecule has 2 nitrogen and oxygen atoms in total. The summed E-state index contributed by atoms with van der Waals surface area (Å²) in [5.41, 5.74) is 0.892. The van der Waals surface area contributed by atoms with Gasteiger partial charge in [0.15, 0.2) is 5.78 Å². The maximum atomic E-state index is 11.7. The van der Waals surface area contributed by atoms with Gasteiger partial charge in [-0.3, -0.25) is 4.79 Å². The number of carbonyl (C=O) groups excluding carboxylic acids is 1. The van der Waals surface area contributed by atoms with Gasteiger partial charge in [0.25, 0.3) is 0 Å². The number of carbonyl (C=O) groups is 1. The molecular formula is C13H18BrClO2. The lowest BCUT2D eigenvalue weighted by Gasteiger charge is -2.20. The summed E-state index contributed by atoms with van der Waals surface area (Å²) >= 11 is 9.50. The highest BCUT2D eigenvalue weighted by atomic mass is 79.9. The number of rotatable bonds is 4. The fraction of sp³-hybridized carbons (Fsp3) is 0.615. The van der Waals surface area contributed by atoms with E-state index >= 15 is 0 Å². The van der Waals surface area contributed by atoms with E-state index in [2.05, 4.69) is 15.9 Å². The van der Waals surface area contributed by atoms with Gasteiger partial charge in [0, 0.05) is 17.2 Å². The zero-order chi connectivity index (χ0) is 13.1. The molecule has 0 spiro atoms. The lowest BCUT2D eigenvalue weighted by atomic mass is 9.91. The van der Waals surface area contributed by atoms with Crippen molar-refractivity contribution < 1.29 is 9.53 Å². The molecule has 96 valence electrons. The molecule has 0 atom stereocenters. The molecule has 0 N–H and O–H groups in total. The van der Waals surface area contributed by atoms with Crippen LogP contribution in [-0.4, -0.2) is 17.7 Å². The third-order valence-corrected chi connectivity index (χ3v) is 3.70. The molecule has 0 aliphatic heterocycles. The number of Topliss-reactive ketones (excluding diaryl/α,β-unsaturated/α-hetero) is 1. The van der Waals surface area contributed by atoms with Crippen molar-refractivity contribution in [2.45, 2.75) is 33.6 Å². The molecule has 1 rings (SSSR count). The van der Waals surface area contributed by atoms with E-state index in [1.807, 2.05) is 26.8 Å². The molecular weight excluding hydrogens is 303 g/mol. The summed E-state index contributed by atoms with van der Waals surface area (Å²) in [4.78, 5) is 11.7. The summed E-state index contributed by atoms with van der Waals surface area (Å²) in [5.74, 6) is 0.818. The zero-order valence-corrected chi connectivity index (χ0v) is 12.8. The summed E-state index contributed by atoms with van der Waals surface area (Å²) in [7, 11) is 0. The zero-order valence-electron chi connectivity index (χ0n) is 10.5. The second kappa shape index (κ2) is 6.05. The van der Waals surface area contributed by atoms with Crippen LogP contribution in [0.1, 0.15) is 33.6 Å². The Morgan fingerprint density at radius 2 is 2.12 bits per heavy atom. The Morgan fingerprint density at radius 1 is 1.47 bits per heavy atom. The Hall–Kier alpha value is -0.280. The Morgan fingerprint density at radius 3 is 2.59 bits per heavy atom. The molecule has 4 heteroatoms. The Balaban J connectivity index is 2.59. The van der Waals surface area contributed by atoms with Crippen molar-refractivity contribution in [3.63, 3.8) is 0 Å². The summed E-state index contributed by atoms with van der Waals surface area (Å²) in [6.07, 6.45) is 3.62. The van der Waals surface area contributed by atoms with Gasteiger partial charge in [0.1, 0.15) is 12.4 Å². The van der Waals surface area contributed by atoms with Gasteiger partial charge in [0.2, 0.25) is 0 Å². The highest BCUT2D eigenvalue weighted by Crippen LogP contribution is 2.28. The van der Waals surface area contributed by atoms with Crippen molar-refractivity contribution in [3.05, 3.63) is 22.4 Å². The van der Waals surface area contributed by atoms with E-state index in [4.69, 9.17) is 16.3 Å². The Bertz CT molecular complexity index is 364. The Kier molecular flexibility index (Phi) is 5.26. The van der Waals surface area contributed by atoms with Gasteiger partial charge in [-0.15, -0.1) is 0 Å². The first-order valence-corrected chi connectivity index (χ1v) is 7.14. The molecule has 0 amide bonds. The number of ketones is 1. The number of hydrogen-bond acceptors (Lipinski definition) is 2. The molecule has 0 bridgehead atoms. The van der Waals surface area contributed by atoms with Crippen LogP contribution in [0.5, 0.6) is 0 Å². The molecule has 0 saturated carbocycles. The molecule has 1 aliphatic carbocycles. The average Bonchev–Trinajstić information content (AvgIpc) is 2.25. The third kappa shape index (κ3) is 4.47.